The van der Waals surface area contributed by atoms with E-state index in [2.05, 4.69) is 5.32 Å². The topological polar surface area (TPSA) is 124 Å². The lowest BCUT2D eigenvalue weighted by atomic mass is 9.69. The molecule has 2 aliphatic carbocycles. The Morgan fingerprint density at radius 2 is 1.73 bits per heavy atom. The molecule has 7 nitrogen and oxygen atoms in total. The Labute approximate surface area is 217 Å². The summed E-state index contributed by atoms with van der Waals surface area (Å²) in [7, 11) is -4.12. The first-order chi connectivity index (χ1) is 17.2. The van der Waals surface area contributed by atoms with E-state index in [0.717, 1.165) is 6.07 Å². The van der Waals surface area contributed by atoms with Gasteiger partial charge in [0.05, 0.1) is 26.9 Å². The van der Waals surface area contributed by atoms with Crippen molar-refractivity contribution in [3.05, 3.63) is 58.4 Å². The van der Waals surface area contributed by atoms with Gasteiger partial charge in [0.15, 0.2) is 27.3 Å². The van der Waals surface area contributed by atoms with Crippen molar-refractivity contribution in [2.45, 2.75) is 61.1 Å². The minimum absolute atomic E-state index is 0.0150. The molecule has 0 heterocycles. The maximum Gasteiger partial charge on any atom is 0.255 e. The van der Waals surface area contributed by atoms with E-state index in [1.54, 1.807) is 0 Å². The number of carbonyl (C=O) groups excluding carboxylic acids is 1. The fourth-order valence-corrected chi connectivity index (χ4v) is 8.31. The van der Waals surface area contributed by atoms with Gasteiger partial charge in [-0.15, -0.1) is 0 Å². The van der Waals surface area contributed by atoms with E-state index in [1.165, 1.54) is 19.1 Å². The lowest BCUT2D eigenvalue weighted by Gasteiger charge is -2.46. The normalized spacial score (nSPS) is 29.1. The van der Waals surface area contributed by atoms with Crippen molar-refractivity contribution in [1.29, 1.82) is 0 Å². The summed E-state index contributed by atoms with van der Waals surface area (Å²) in [6, 6.07) is 4.68. The number of nitrogens with one attached hydrogen (secondary N) is 1. The van der Waals surface area contributed by atoms with Crippen LogP contribution in [0.1, 0.15) is 43.5 Å². The van der Waals surface area contributed by atoms with Crippen molar-refractivity contribution in [3.8, 4) is 0 Å². The average molecular weight is 562 g/mol. The van der Waals surface area contributed by atoms with Crippen LogP contribution in [0.3, 0.4) is 0 Å². The number of benzene rings is 2. The molecule has 2 saturated carbocycles. The van der Waals surface area contributed by atoms with E-state index < -0.39 is 68.1 Å². The smallest absolute Gasteiger partial charge is 0.255 e. The molecule has 202 valence electrons. The van der Waals surface area contributed by atoms with Gasteiger partial charge in [-0.25, -0.2) is 21.6 Å². The van der Waals surface area contributed by atoms with Crippen molar-refractivity contribution < 1.29 is 41.7 Å². The van der Waals surface area contributed by atoms with Crippen LogP contribution in [0.5, 0.6) is 0 Å². The average Bonchev–Trinajstić information content (AvgIpc) is 2.95. The minimum Gasteiger partial charge on any atom is -0.391 e. The van der Waals surface area contributed by atoms with Crippen molar-refractivity contribution >= 4 is 33.0 Å². The Hall–Kier alpha value is -2.18. The Morgan fingerprint density at radius 1 is 1.11 bits per heavy atom. The van der Waals surface area contributed by atoms with Crippen LogP contribution in [-0.2, 0) is 9.84 Å². The lowest BCUT2D eigenvalue weighted by Crippen LogP contribution is -2.59. The van der Waals surface area contributed by atoms with Crippen molar-refractivity contribution in [3.63, 3.8) is 0 Å². The number of halogens is 4. The summed E-state index contributed by atoms with van der Waals surface area (Å²) in [5.41, 5.74) is -2.17. The number of fused-ring (bicyclic) bond motifs is 2. The van der Waals surface area contributed by atoms with Crippen LogP contribution in [0.15, 0.2) is 35.2 Å². The standard InChI is InChI=1S/C25H27ClF3NO6S/c1-11-5-14-7-16(10-17(11)25(14,34)23(32)12(2)31)37(35,36)21-6-13(3-4-18(21)26)24(33)30-15-8-19(27)22(29)20(28)9-15/h3-4,6,8-9,11-12,14,16-17,23,31-32,34H,5,7,10H2,1-2H3,(H,30,33)/t11-,12+,14+,16+,17+,23-,25+/m0/s1. The molecule has 0 saturated heterocycles. The molecular formula is C25H27ClF3NO6S. The van der Waals surface area contributed by atoms with Gasteiger partial charge < -0.3 is 20.6 Å². The molecule has 37 heavy (non-hydrogen) atoms. The molecule has 2 fully saturated rings. The zero-order valence-electron chi connectivity index (χ0n) is 20.0. The molecule has 0 unspecified atom stereocenters. The highest BCUT2D eigenvalue weighted by Crippen LogP contribution is 2.56. The van der Waals surface area contributed by atoms with E-state index in [4.69, 9.17) is 11.6 Å². The number of rotatable bonds is 6. The molecule has 2 aromatic rings. The Morgan fingerprint density at radius 3 is 2.30 bits per heavy atom. The van der Waals surface area contributed by atoms with E-state index >= 15 is 0 Å². The molecular weight excluding hydrogens is 535 g/mol. The quantitative estimate of drug-likeness (QED) is 0.399. The van der Waals surface area contributed by atoms with E-state index in [9.17, 15) is 41.7 Å². The van der Waals surface area contributed by atoms with Crippen molar-refractivity contribution in [2.24, 2.45) is 17.8 Å². The minimum atomic E-state index is -4.12. The van der Waals surface area contributed by atoms with E-state index in [1.807, 2.05) is 6.92 Å². The number of hydrogen-bond acceptors (Lipinski definition) is 6. The predicted molar refractivity (Wildman–Crippen MR) is 129 cm³/mol. The van der Waals surface area contributed by atoms with Gasteiger partial charge in [-0.3, -0.25) is 4.79 Å². The van der Waals surface area contributed by atoms with Crippen LogP contribution < -0.4 is 5.32 Å². The molecule has 4 N–H and O–H groups in total. The summed E-state index contributed by atoms with van der Waals surface area (Å²) < 4.78 is 67.5. The largest absolute Gasteiger partial charge is 0.391 e. The predicted octanol–water partition coefficient (Wildman–Crippen LogP) is 3.69. The van der Waals surface area contributed by atoms with Crippen molar-refractivity contribution in [1.82, 2.24) is 0 Å². The van der Waals surface area contributed by atoms with Crippen LogP contribution in [0.4, 0.5) is 18.9 Å². The summed E-state index contributed by atoms with van der Waals surface area (Å²) in [4.78, 5) is 12.4. The molecule has 0 aromatic heterocycles. The van der Waals surface area contributed by atoms with Gasteiger partial charge in [-0.2, -0.15) is 0 Å². The second kappa shape index (κ2) is 9.85. The highest BCUT2D eigenvalue weighted by molar-refractivity contribution is 7.92. The first kappa shape index (κ1) is 27.8. The summed E-state index contributed by atoms with van der Waals surface area (Å²) in [5, 5.41) is 32.9. The first-order valence-corrected chi connectivity index (χ1v) is 13.7. The van der Waals surface area contributed by atoms with Gasteiger partial charge in [0, 0.05) is 23.4 Å². The van der Waals surface area contributed by atoms with Gasteiger partial charge in [-0.1, -0.05) is 18.5 Å². The summed E-state index contributed by atoms with van der Waals surface area (Å²) in [5.74, 6) is -6.88. The number of amides is 1. The molecule has 0 aliphatic heterocycles. The zero-order chi connectivity index (χ0) is 27.4. The molecule has 12 heteroatoms. The number of anilines is 1. The molecule has 0 spiro atoms. The van der Waals surface area contributed by atoms with Gasteiger partial charge in [0.25, 0.3) is 5.91 Å². The Bertz CT molecular complexity index is 1320. The second-order valence-corrected chi connectivity index (χ2v) is 12.7. The zero-order valence-corrected chi connectivity index (χ0v) is 21.5. The highest BCUT2D eigenvalue weighted by atomic mass is 35.5. The Kier molecular flexibility index (Phi) is 7.41. The second-order valence-electron chi connectivity index (χ2n) is 10.1. The fraction of sp³-hybridized carbons (Fsp3) is 0.480. The summed E-state index contributed by atoms with van der Waals surface area (Å²) >= 11 is 6.21. The van der Waals surface area contributed by atoms with Crippen LogP contribution in [0.2, 0.25) is 5.02 Å². The lowest BCUT2D eigenvalue weighted by molar-refractivity contribution is -0.175. The summed E-state index contributed by atoms with van der Waals surface area (Å²) in [6.45, 7) is 3.22. The third-order valence-electron chi connectivity index (χ3n) is 7.77. The molecule has 2 aliphatic rings. The number of carbonyl (C=O) groups is 1. The number of aliphatic hydroxyl groups excluding tert-OH is 2. The summed E-state index contributed by atoms with van der Waals surface area (Å²) in [6.07, 6.45) is -2.14. The van der Waals surface area contributed by atoms with E-state index in [0.29, 0.717) is 18.6 Å². The maximum absolute atomic E-state index is 13.7. The maximum atomic E-state index is 13.7. The van der Waals surface area contributed by atoms with Crippen LogP contribution in [-0.4, -0.2) is 52.7 Å². The van der Waals surface area contributed by atoms with Crippen LogP contribution in [0, 0.1) is 35.2 Å². The third kappa shape index (κ3) is 4.76. The highest BCUT2D eigenvalue weighted by Gasteiger charge is 2.62. The number of hydrogen-bond donors (Lipinski definition) is 4. The molecule has 1 amide bonds. The van der Waals surface area contributed by atoms with Gasteiger partial charge in [0.1, 0.15) is 6.10 Å². The molecule has 0 radical (unpaired) electrons. The Balaban J connectivity index is 1.62. The molecule has 7 atom stereocenters. The monoisotopic (exact) mass is 561 g/mol. The van der Waals surface area contributed by atoms with Gasteiger partial charge in [-0.05, 0) is 62.1 Å². The van der Waals surface area contributed by atoms with Crippen molar-refractivity contribution in [2.75, 3.05) is 5.32 Å². The number of aliphatic hydroxyl groups is 3. The molecule has 2 aromatic carbocycles. The van der Waals surface area contributed by atoms with Gasteiger partial charge in [0.2, 0.25) is 0 Å². The van der Waals surface area contributed by atoms with Crippen LogP contribution >= 0.6 is 11.6 Å². The third-order valence-corrected chi connectivity index (χ3v) is 10.4. The van der Waals surface area contributed by atoms with Gasteiger partial charge >= 0.3 is 0 Å². The molecule has 2 bridgehead atoms. The SMILES string of the molecule is C[C@@H](O)[C@H](O)[C@@]1(O)[C@H]2C[C@@H](S(=O)(=O)c3cc(C(=O)Nc4cc(F)c(F)c(F)c4)ccc3Cl)C[C@@H]1[C@@H](C)C2. The van der Waals surface area contributed by atoms with Crippen LogP contribution in [0.25, 0.3) is 0 Å². The molecule has 4 rings (SSSR count). The van der Waals surface area contributed by atoms with E-state index in [-0.39, 0.29) is 39.9 Å². The fourth-order valence-electron chi connectivity index (χ4n) is 5.94. The number of sulfone groups is 1. The first-order valence-electron chi connectivity index (χ1n) is 11.8.